The SMILES string of the molecule is Cc1ccc(S(=O)(=O)N(CC(=O)N2CCC(C(N)=O)CC2)c2cccc(Br)c2)cc1. The van der Waals surface area contributed by atoms with Gasteiger partial charge in [0.05, 0.1) is 10.6 Å². The van der Waals surface area contributed by atoms with Crippen LogP contribution in [-0.2, 0) is 19.6 Å². The number of primary amides is 1. The number of rotatable bonds is 6. The van der Waals surface area contributed by atoms with Crippen molar-refractivity contribution in [2.45, 2.75) is 24.7 Å². The highest BCUT2D eigenvalue weighted by Gasteiger charge is 2.31. The molecule has 1 aliphatic heterocycles. The zero-order valence-corrected chi connectivity index (χ0v) is 19.0. The molecule has 0 radical (unpaired) electrons. The van der Waals surface area contributed by atoms with Crippen molar-refractivity contribution in [2.24, 2.45) is 11.7 Å². The Morgan fingerprint density at radius 3 is 2.33 bits per heavy atom. The molecule has 160 valence electrons. The maximum absolute atomic E-state index is 13.4. The normalized spacial score (nSPS) is 15.1. The number of carbonyl (C=O) groups excluding carboxylic acids is 2. The molecule has 0 aromatic heterocycles. The van der Waals surface area contributed by atoms with E-state index in [1.165, 1.54) is 0 Å². The fraction of sp³-hybridized carbons (Fsp3) is 0.333. The van der Waals surface area contributed by atoms with Crippen molar-refractivity contribution >= 4 is 43.5 Å². The Morgan fingerprint density at radius 1 is 1.13 bits per heavy atom. The highest BCUT2D eigenvalue weighted by atomic mass is 79.9. The number of hydrogen-bond donors (Lipinski definition) is 1. The molecule has 0 unspecified atom stereocenters. The van der Waals surface area contributed by atoms with Crippen molar-refractivity contribution in [1.29, 1.82) is 0 Å². The first kappa shape index (κ1) is 22.3. The predicted molar refractivity (Wildman–Crippen MR) is 118 cm³/mol. The minimum absolute atomic E-state index is 0.119. The number of sulfonamides is 1. The van der Waals surface area contributed by atoms with Gasteiger partial charge in [0.15, 0.2) is 0 Å². The third-order valence-corrected chi connectivity index (χ3v) is 7.52. The lowest BCUT2D eigenvalue weighted by Gasteiger charge is -2.33. The third kappa shape index (κ3) is 5.02. The van der Waals surface area contributed by atoms with E-state index in [2.05, 4.69) is 15.9 Å². The van der Waals surface area contributed by atoms with Gasteiger partial charge in [-0.3, -0.25) is 13.9 Å². The number of halogens is 1. The highest BCUT2D eigenvalue weighted by Crippen LogP contribution is 2.27. The van der Waals surface area contributed by atoms with Crippen molar-refractivity contribution in [3.63, 3.8) is 0 Å². The van der Waals surface area contributed by atoms with Gasteiger partial charge in [0.25, 0.3) is 10.0 Å². The Kier molecular flexibility index (Phi) is 6.82. The molecule has 2 aromatic rings. The Labute approximate surface area is 185 Å². The molecule has 9 heteroatoms. The molecule has 30 heavy (non-hydrogen) atoms. The molecule has 0 atom stereocenters. The Balaban J connectivity index is 1.88. The summed E-state index contributed by atoms with van der Waals surface area (Å²) >= 11 is 3.37. The average Bonchev–Trinajstić information content (AvgIpc) is 2.72. The van der Waals surface area contributed by atoms with E-state index in [-0.39, 0.29) is 29.2 Å². The van der Waals surface area contributed by atoms with E-state index in [0.717, 1.165) is 9.87 Å². The molecule has 1 saturated heterocycles. The van der Waals surface area contributed by atoms with Crippen LogP contribution in [0.5, 0.6) is 0 Å². The van der Waals surface area contributed by atoms with Crippen LogP contribution in [0.3, 0.4) is 0 Å². The topological polar surface area (TPSA) is 101 Å². The molecule has 0 saturated carbocycles. The van der Waals surface area contributed by atoms with Crippen LogP contribution >= 0.6 is 15.9 Å². The predicted octanol–water partition coefficient (Wildman–Crippen LogP) is 2.68. The van der Waals surface area contributed by atoms with Crippen LogP contribution in [-0.4, -0.2) is 44.8 Å². The van der Waals surface area contributed by atoms with Crippen molar-refractivity contribution in [1.82, 2.24) is 4.90 Å². The summed E-state index contributed by atoms with van der Waals surface area (Å²) in [5.41, 5.74) is 6.69. The number of amides is 2. The number of likely N-dealkylation sites (tertiary alicyclic amines) is 1. The second-order valence-corrected chi connectivity index (χ2v) is 10.1. The summed E-state index contributed by atoms with van der Waals surface area (Å²) < 4.78 is 28.6. The summed E-state index contributed by atoms with van der Waals surface area (Å²) in [6.45, 7) is 2.31. The maximum Gasteiger partial charge on any atom is 0.264 e. The lowest BCUT2D eigenvalue weighted by molar-refractivity contribution is -0.133. The number of nitrogens with zero attached hydrogens (tertiary/aromatic N) is 2. The average molecular weight is 494 g/mol. The van der Waals surface area contributed by atoms with E-state index < -0.39 is 10.0 Å². The van der Waals surface area contributed by atoms with Crippen LogP contribution in [0.15, 0.2) is 57.9 Å². The number of carbonyl (C=O) groups is 2. The largest absolute Gasteiger partial charge is 0.369 e. The summed E-state index contributed by atoms with van der Waals surface area (Å²) in [6.07, 6.45) is 0.978. The summed E-state index contributed by atoms with van der Waals surface area (Å²) in [5, 5.41) is 0. The Bertz CT molecular complexity index is 1030. The van der Waals surface area contributed by atoms with E-state index in [9.17, 15) is 18.0 Å². The highest BCUT2D eigenvalue weighted by molar-refractivity contribution is 9.10. The van der Waals surface area contributed by atoms with Crippen LogP contribution in [0.1, 0.15) is 18.4 Å². The lowest BCUT2D eigenvalue weighted by atomic mass is 9.96. The first-order valence-corrected chi connectivity index (χ1v) is 11.8. The number of hydrogen-bond acceptors (Lipinski definition) is 4. The monoisotopic (exact) mass is 493 g/mol. The number of anilines is 1. The minimum Gasteiger partial charge on any atom is -0.369 e. The molecular formula is C21H24BrN3O4S. The van der Waals surface area contributed by atoms with E-state index in [1.54, 1.807) is 53.4 Å². The van der Waals surface area contributed by atoms with Gasteiger partial charge in [-0.1, -0.05) is 39.7 Å². The Hall–Kier alpha value is -2.39. The smallest absolute Gasteiger partial charge is 0.264 e. The van der Waals surface area contributed by atoms with E-state index in [0.29, 0.717) is 36.1 Å². The molecule has 1 aliphatic rings. The molecule has 0 spiro atoms. The van der Waals surface area contributed by atoms with E-state index >= 15 is 0 Å². The van der Waals surface area contributed by atoms with Gasteiger partial charge in [0.1, 0.15) is 6.54 Å². The maximum atomic E-state index is 13.4. The first-order valence-electron chi connectivity index (χ1n) is 9.60. The number of aryl methyl sites for hydroxylation is 1. The summed E-state index contributed by atoms with van der Waals surface area (Å²) in [6, 6.07) is 13.4. The molecule has 2 amide bonds. The number of benzene rings is 2. The molecule has 1 heterocycles. The molecule has 3 rings (SSSR count). The van der Waals surface area contributed by atoms with Gasteiger partial charge in [-0.2, -0.15) is 0 Å². The van der Waals surface area contributed by atoms with E-state index in [1.807, 2.05) is 6.92 Å². The van der Waals surface area contributed by atoms with Gasteiger partial charge >= 0.3 is 0 Å². The van der Waals surface area contributed by atoms with Crippen LogP contribution in [0.25, 0.3) is 0 Å². The van der Waals surface area contributed by atoms with Crippen molar-refractivity contribution in [3.05, 3.63) is 58.6 Å². The molecule has 7 nitrogen and oxygen atoms in total. The summed E-state index contributed by atoms with van der Waals surface area (Å²) in [5.74, 6) is -0.917. The molecule has 0 bridgehead atoms. The number of nitrogens with two attached hydrogens (primary N) is 1. The third-order valence-electron chi connectivity index (χ3n) is 5.23. The summed E-state index contributed by atoms with van der Waals surface area (Å²) in [7, 11) is -3.95. The second-order valence-electron chi connectivity index (χ2n) is 7.36. The van der Waals surface area contributed by atoms with Crippen molar-refractivity contribution in [3.8, 4) is 0 Å². The van der Waals surface area contributed by atoms with Gasteiger partial charge in [0.2, 0.25) is 11.8 Å². The van der Waals surface area contributed by atoms with Crippen molar-refractivity contribution in [2.75, 3.05) is 23.9 Å². The molecular weight excluding hydrogens is 470 g/mol. The van der Waals surface area contributed by atoms with Crippen LogP contribution in [0.2, 0.25) is 0 Å². The fourth-order valence-corrected chi connectivity index (χ4v) is 5.21. The zero-order chi connectivity index (χ0) is 21.9. The first-order chi connectivity index (χ1) is 14.2. The standard InChI is InChI=1S/C21H24BrN3O4S/c1-15-5-7-19(8-6-15)30(28,29)25(18-4-2-3-17(22)13-18)14-20(26)24-11-9-16(10-12-24)21(23)27/h2-8,13,16H,9-12,14H2,1H3,(H2,23,27). The van der Waals surface area contributed by atoms with Crippen molar-refractivity contribution < 1.29 is 18.0 Å². The zero-order valence-electron chi connectivity index (χ0n) is 16.6. The lowest BCUT2D eigenvalue weighted by Crippen LogP contribution is -2.47. The second kappa shape index (κ2) is 9.18. The molecule has 1 fully saturated rings. The Morgan fingerprint density at radius 2 is 1.77 bits per heavy atom. The summed E-state index contributed by atoms with van der Waals surface area (Å²) in [4.78, 5) is 26.0. The minimum atomic E-state index is -3.95. The fourth-order valence-electron chi connectivity index (χ4n) is 3.42. The van der Waals surface area contributed by atoms with Gasteiger partial charge in [-0.05, 0) is 50.1 Å². The van der Waals surface area contributed by atoms with Gasteiger partial charge in [0, 0.05) is 23.5 Å². The van der Waals surface area contributed by atoms with Gasteiger partial charge in [-0.15, -0.1) is 0 Å². The van der Waals surface area contributed by atoms with Gasteiger partial charge < -0.3 is 10.6 Å². The molecule has 2 N–H and O–H groups in total. The van der Waals surface area contributed by atoms with E-state index in [4.69, 9.17) is 5.73 Å². The van der Waals surface area contributed by atoms with Crippen LogP contribution in [0.4, 0.5) is 5.69 Å². The number of piperidine rings is 1. The van der Waals surface area contributed by atoms with Crippen LogP contribution < -0.4 is 10.0 Å². The molecule has 0 aliphatic carbocycles. The molecule has 2 aromatic carbocycles. The van der Waals surface area contributed by atoms with Crippen LogP contribution in [0, 0.1) is 12.8 Å². The van der Waals surface area contributed by atoms with Gasteiger partial charge in [-0.25, -0.2) is 8.42 Å². The quantitative estimate of drug-likeness (QED) is 0.668.